The van der Waals surface area contributed by atoms with Crippen LogP contribution in [0.5, 0.6) is 0 Å². The van der Waals surface area contributed by atoms with E-state index in [4.69, 9.17) is 12.2 Å². The van der Waals surface area contributed by atoms with Gasteiger partial charge in [-0.15, -0.1) is 0 Å². The van der Waals surface area contributed by atoms with E-state index in [2.05, 4.69) is 15.5 Å². The van der Waals surface area contributed by atoms with E-state index in [1.54, 1.807) is 23.2 Å². The minimum absolute atomic E-state index is 0.141. The summed E-state index contributed by atoms with van der Waals surface area (Å²) in [5.41, 5.74) is 2.25. The van der Waals surface area contributed by atoms with Gasteiger partial charge in [-0.3, -0.25) is 19.1 Å². The van der Waals surface area contributed by atoms with Crippen molar-refractivity contribution >= 4 is 29.3 Å². The molecular weight excluding hydrogens is 300 g/mol. The summed E-state index contributed by atoms with van der Waals surface area (Å²) in [6.07, 6.45) is 8.94. The third-order valence-corrected chi connectivity index (χ3v) is 3.67. The van der Waals surface area contributed by atoms with Crippen LogP contribution >= 0.6 is 12.2 Å². The van der Waals surface area contributed by atoms with Gasteiger partial charge >= 0.3 is 0 Å². The largest absolute Gasteiger partial charge is 0.328 e. The number of hydrogen-bond acceptors (Lipinski definition) is 4. The molecule has 1 aliphatic heterocycles. The summed E-state index contributed by atoms with van der Waals surface area (Å²) in [6.45, 7) is 3.22. The van der Waals surface area contributed by atoms with Gasteiger partial charge in [0.1, 0.15) is 5.70 Å². The molecule has 2 aromatic rings. The average molecular weight is 316 g/mol. The van der Waals surface area contributed by atoms with Gasteiger partial charge < -0.3 is 5.32 Å². The van der Waals surface area contributed by atoms with E-state index in [1.807, 2.05) is 31.0 Å². The maximum Gasteiger partial charge on any atom is 0.276 e. The van der Waals surface area contributed by atoms with Gasteiger partial charge in [-0.05, 0) is 25.2 Å². The van der Waals surface area contributed by atoms with Crippen molar-refractivity contribution in [3.63, 3.8) is 0 Å². The van der Waals surface area contributed by atoms with Crippen molar-refractivity contribution in [2.45, 2.75) is 20.0 Å². The molecule has 3 heterocycles. The summed E-state index contributed by atoms with van der Waals surface area (Å²) in [5.74, 6) is -0.141. The van der Waals surface area contributed by atoms with Crippen LogP contribution < -0.4 is 5.32 Å². The Bertz CT molecular complexity index is 759. The number of aromatic nitrogens is 4. The van der Waals surface area contributed by atoms with Gasteiger partial charge in [-0.2, -0.15) is 10.2 Å². The van der Waals surface area contributed by atoms with E-state index in [0.29, 0.717) is 17.4 Å². The van der Waals surface area contributed by atoms with Crippen molar-refractivity contribution in [3.8, 4) is 0 Å². The van der Waals surface area contributed by atoms with Crippen molar-refractivity contribution < 1.29 is 4.79 Å². The van der Waals surface area contributed by atoms with Crippen molar-refractivity contribution in [2.24, 2.45) is 7.05 Å². The lowest BCUT2D eigenvalue weighted by molar-refractivity contribution is -0.122. The second kappa shape index (κ2) is 5.72. The molecular formula is C14H16N6OS. The summed E-state index contributed by atoms with van der Waals surface area (Å²) in [6, 6.07) is 0. The molecule has 0 aromatic carbocycles. The second-order valence-electron chi connectivity index (χ2n) is 5.03. The molecule has 22 heavy (non-hydrogen) atoms. The SMILES string of the molecule is CCn1cc(CN2C(=O)/C(=C\c3cnn(C)c3)NC2=S)cn1. The third-order valence-electron chi connectivity index (χ3n) is 3.35. The van der Waals surface area contributed by atoms with Gasteiger partial charge in [-0.1, -0.05) is 0 Å². The smallest absolute Gasteiger partial charge is 0.276 e. The standard InChI is InChI=1S/C14H16N6OS/c1-3-19-8-11(6-16-19)9-20-13(21)12(17-14(20)22)4-10-5-15-18(2)7-10/h4-8H,3,9H2,1-2H3,(H,17,22)/b12-4+. The number of nitrogens with one attached hydrogen (secondary N) is 1. The zero-order chi connectivity index (χ0) is 15.7. The molecule has 2 aromatic heterocycles. The highest BCUT2D eigenvalue weighted by Crippen LogP contribution is 2.16. The van der Waals surface area contributed by atoms with Crippen LogP contribution in [0.2, 0.25) is 0 Å². The van der Waals surface area contributed by atoms with Gasteiger partial charge in [0.25, 0.3) is 5.91 Å². The van der Waals surface area contributed by atoms with Gasteiger partial charge in [0, 0.05) is 37.1 Å². The lowest BCUT2D eigenvalue weighted by Gasteiger charge is -2.12. The van der Waals surface area contributed by atoms with Crippen LogP contribution in [0.1, 0.15) is 18.1 Å². The summed E-state index contributed by atoms with van der Waals surface area (Å²) < 4.78 is 3.50. The molecule has 0 radical (unpaired) electrons. The quantitative estimate of drug-likeness (QED) is 0.670. The van der Waals surface area contributed by atoms with Crippen LogP contribution in [-0.4, -0.2) is 35.5 Å². The first-order valence-electron chi connectivity index (χ1n) is 6.91. The Balaban J connectivity index is 1.78. The normalized spacial score (nSPS) is 16.6. The number of hydrogen-bond donors (Lipinski definition) is 1. The zero-order valence-corrected chi connectivity index (χ0v) is 13.2. The van der Waals surface area contributed by atoms with Gasteiger partial charge in [-0.25, -0.2) is 0 Å². The third kappa shape index (κ3) is 2.77. The molecule has 7 nitrogen and oxygen atoms in total. The highest BCUT2D eigenvalue weighted by molar-refractivity contribution is 7.80. The maximum atomic E-state index is 12.5. The van der Waals surface area contributed by atoms with E-state index in [1.165, 1.54) is 4.90 Å². The molecule has 0 saturated carbocycles. The Hall–Kier alpha value is -2.48. The van der Waals surface area contributed by atoms with Crippen molar-refractivity contribution in [1.29, 1.82) is 0 Å². The minimum atomic E-state index is -0.141. The number of thiocarbonyl (C=S) groups is 1. The number of carbonyl (C=O) groups excluding carboxylic acids is 1. The van der Waals surface area contributed by atoms with Crippen molar-refractivity contribution in [3.05, 3.63) is 41.6 Å². The number of aryl methyl sites for hydroxylation is 2. The second-order valence-corrected chi connectivity index (χ2v) is 5.42. The van der Waals surface area contributed by atoms with Gasteiger partial charge in [0.05, 0.1) is 18.9 Å². The molecule has 114 valence electrons. The van der Waals surface area contributed by atoms with E-state index in [0.717, 1.165) is 17.7 Å². The van der Waals surface area contributed by atoms with E-state index >= 15 is 0 Å². The number of nitrogens with zero attached hydrogens (tertiary/aromatic N) is 5. The van der Waals surface area contributed by atoms with E-state index < -0.39 is 0 Å². The summed E-state index contributed by atoms with van der Waals surface area (Å²) in [4.78, 5) is 14.0. The van der Waals surface area contributed by atoms with Crippen LogP contribution in [0.15, 0.2) is 30.5 Å². The summed E-state index contributed by atoms with van der Waals surface area (Å²) in [5, 5.41) is 11.6. The average Bonchev–Trinajstić information content (AvgIpc) is 3.17. The molecule has 0 bridgehead atoms. The molecule has 1 saturated heterocycles. The van der Waals surface area contributed by atoms with Crippen LogP contribution in [0.25, 0.3) is 6.08 Å². The van der Waals surface area contributed by atoms with E-state index in [-0.39, 0.29) is 5.91 Å². The van der Waals surface area contributed by atoms with Crippen LogP contribution in [0.3, 0.4) is 0 Å². The van der Waals surface area contributed by atoms with E-state index in [9.17, 15) is 4.79 Å². The van der Waals surface area contributed by atoms with Crippen molar-refractivity contribution in [2.75, 3.05) is 0 Å². The first-order valence-corrected chi connectivity index (χ1v) is 7.32. The maximum absolute atomic E-state index is 12.5. The summed E-state index contributed by atoms with van der Waals surface area (Å²) in [7, 11) is 1.83. The van der Waals surface area contributed by atoms with Crippen LogP contribution in [-0.2, 0) is 24.9 Å². The molecule has 8 heteroatoms. The number of carbonyl (C=O) groups is 1. The molecule has 0 spiro atoms. The van der Waals surface area contributed by atoms with Crippen molar-refractivity contribution in [1.82, 2.24) is 29.8 Å². The molecule has 1 amide bonds. The lowest BCUT2D eigenvalue weighted by atomic mass is 10.2. The number of amides is 1. The Morgan fingerprint density at radius 3 is 2.77 bits per heavy atom. The predicted octanol–water partition coefficient (Wildman–Crippen LogP) is 0.894. The molecule has 1 fully saturated rings. The number of rotatable bonds is 4. The fraction of sp³-hybridized carbons (Fsp3) is 0.286. The fourth-order valence-electron chi connectivity index (χ4n) is 2.24. The first-order chi connectivity index (χ1) is 10.6. The monoisotopic (exact) mass is 316 g/mol. The van der Waals surface area contributed by atoms with Gasteiger partial charge in [0.15, 0.2) is 5.11 Å². The van der Waals surface area contributed by atoms with Gasteiger partial charge in [0.2, 0.25) is 0 Å². The highest BCUT2D eigenvalue weighted by atomic mass is 32.1. The Morgan fingerprint density at radius 2 is 2.14 bits per heavy atom. The topological polar surface area (TPSA) is 68.0 Å². The molecule has 1 aliphatic rings. The van der Waals surface area contributed by atoms with Crippen LogP contribution in [0, 0.1) is 0 Å². The Kier molecular flexibility index (Phi) is 3.76. The zero-order valence-electron chi connectivity index (χ0n) is 12.4. The Morgan fingerprint density at radius 1 is 1.32 bits per heavy atom. The molecule has 3 rings (SSSR count). The first kappa shape index (κ1) is 14.5. The molecule has 0 unspecified atom stereocenters. The fourth-order valence-corrected chi connectivity index (χ4v) is 2.50. The van der Waals surface area contributed by atoms with Crippen LogP contribution in [0.4, 0.5) is 0 Å². The lowest BCUT2D eigenvalue weighted by Crippen LogP contribution is -2.29. The molecule has 1 N–H and O–H groups in total. The minimum Gasteiger partial charge on any atom is -0.328 e. The molecule has 0 aliphatic carbocycles. The molecule has 0 atom stereocenters. The predicted molar refractivity (Wildman–Crippen MR) is 85.4 cm³/mol. The highest BCUT2D eigenvalue weighted by Gasteiger charge is 2.30. The summed E-state index contributed by atoms with van der Waals surface area (Å²) >= 11 is 5.26. The Labute approximate surface area is 133 Å².